The number of nitriles is 1. The Morgan fingerprint density at radius 2 is 1.79 bits per heavy atom. The van der Waals surface area contributed by atoms with E-state index in [9.17, 15) is 10.1 Å². The molecule has 2 N–H and O–H groups in total. The highest BCUT2D eigenvalue weighted by atomic mass is 16.1. The van der Waals surface area contributed by atoms with Crippen molar-refractivity contribution in [3.8, 4) is 6.07 Å². The number of hydrogen-bond donors (Lipinski definition) is 2. The molecule has 0 aliphatic carbocycles. The molecular formula is C23H26N4O. The van der Waals surface area contributed by atoms with Crippen molar-refractivity contribution in [2.75, 3.05) is 28.6 Å². The Kier molecular flexibility index (Phi) is 6.33. The molecule has 0 spiro atoms. The summed E-state index contributed by atoms with van der Waals surface area (Å²) in [5.74, 6) is -0.423. The Morgan fingerprint density at radius 1 is 1.07 bits per heavy atom. The summed E-state index contributed by atoms with van der Waals surface area (Å²) in [5.41, 5.74) is 4.88. The van der Waals surface area contributed by atoms with Crippen LogP contribution < -0.4 is 15.5 Å². The Balaban J connectivity index is 1.65. The summed E-state index contributed by atoms with van der Waals surface area (Å²) in [7, 11) is 0. The number of amides is 1. The van der Waals surface area contributed by atoms with Gasteiger partial charge in [0, 0.05) is 36.4 Å². The quantitative estimate of drug-likeness (QED) is 0.585. The van der Waals surface area contributed by atoms with Crippen molar-refractivity contribution >= 4 is 23.0 Å². The largest absolute Gasteiger partial charge is 0.372 e. The van der Waals surface area contributed by atoms with Crippen LogP contribution in [-0.2, 0) is 4.79 Å². The maximum absolute atomic E-state index is 12.4. The Labute approximate surface area is 166 Å². The highest BCUT2D eigenvalue weighted by Crippen LogP contribution is 2.22. The second kappa shape index (κ2) is 9.09. The van der Waals surface area contributed by atoms with E-state index in [4.69, 9.17) is 0 Å². The molecule has 5 heteroatoms. The standard InChI is InChI=1S/C23H26N4O/c1-17-7-6-8-22(18(17)2)26-23(28)19(15-24)16-25-20-9-11-21(12-10-20)27-13-4-3-5-14-27/h6-12,16,25H,3-5,13-14H2,1-2H3,(H,26,28)/b19-16-. The Bertz CT molecular complexity index is 903. The molecule has 0 bridgehead atoms. The number of rotatable bonds is 5. The number of nitrogens with one attached hydrogen (secondary N) is 2. The van der Waals surface area contributed by atoms with Crippen LogP contribution in [0.2, 0.25) is 0 Å². The van der Waals surface area contributed by atoms with E-state index in [-0.39, 0.29) is 5.57 Å². The number of nitrogens with zero attached hydrogens (tertiary/aromatic N) is 2. The number of anilines is 3. The average Bonchev–Trinajstić information content (AvgIpc) is 2.73. The lowest BCUT2D eigenvalue weighted by Crippen LogP contribution is -2.29. The van der Waals surface area contributed by atoms with Crippen LogP contribution in [0.1, 0.15) is 30.4 Å². The van der Waals surface area contributed by atoms with Crippen LogP contribution in [0.25, 0.3) is 0 Å². The molecule has 1 amide bonds. The Morgan fingerprint density at radius 3 is 2.46 bits per heavy atom. The van der Waals surface area contributed by atoms with E-state index in [1.807, 2.05) is 50.2 Å². The molecular weight excluding hydrogens is 348 g/mol. The molecule has 1 heterocycles. The van der Waals surface area contributed by atoms with Crippen LogP contribution in [0.3, 0.4) is 0 Å². The van der Waals surface area contributed by atoms with Crippen LogP contribution >= 0.6 is 0 Å². The van der Waals surface area contributed by atoms with Gasteiger partial charge in [-0.05, 0) is 74.6 Å². The van der Waals surface area contributed by atoms with Gasteiger partial charge in [0.2, 0.25) is 0 Å². The zero-order valence-electron chi connectivity index (χ0n) is 16.5. The monoisotopic (exact) mass is 374 g/mol. The van der Waals surface area contributed by atoms with E-state index < -0.39 is 5.91 Å². The topological polar surface area (TPSA) is 68.2 Å². The minimum Gasteiger partial charge on any atom is -0.372 e. The third kappa shape index (κ3) is 4.72. The van der Waals surface area contributed by atoms with Gasteiger partial charge in [-0.15, -0.1) is 0 Å². The molecule has 2 aromatic rings. The van der Waals surface area contributed by atoms with Crippen molar-refractivity contribution in [3.05, 3.63) is 65.4 Å². The molecule has 0 unspecified atom stereocenters. The van der Waals surface area contributed by atoms with Crippen LogP contribution in [0.15, 0.2) is 54.2 Å². The summed E-state index contributed by atoms with van der Waals surface area (Å²) >= 11 is 0. The summed E-state index contributed by atoms with van der Waals surface area (Å²) in [4.78, 5) is 14.8. The molecule has 1 saturated heterocycles. The first kappa shape index (κ1) is 19.5. The summed E-state index contributed by atoms with van der Waals surface area (Å²) in [5, 5.41) is 15.2. The van der Waals surface area contributed by atoms with Crippen LogP contribution in [0, 0.1) is 25.2 Å². The van der Waals surface area contributed by atoms with E-state index in [1.165, 1.54) is 31.1 Å². The lowest BCUT2D eigenvalue weighted by Gasteiger charge is -2.28. The van der Waals surface area contributed by atoms with Crippen molar-refractivity contribution in [3.63, 3.8) is 0 Å². The molecule has 144 valence electrons. The van der Waals surface area contributed by atoms with Crippen molar-refractivity contribution in [1.82, 2.24) is 0 Å². The van der Waals surface area contributed by atoms with E-state index >= 15 is 0 Å². The van der Waals surface area contributed by atoms with E-state index in [0.29, 0.717) is 0 Å². The van der Waals surface area contributed by atoms with Crippen LogP contribution in [0.5, 0.6) is 0 Å². The first-order valence-corrected chi connectivity index (χ1v) is 9.68. The van der Waals surface area contributed by atoms with Gasteiger partial charge in [0.1, 0.15) is 11.6 Å². The molecule has 0 radical (unpaired) electrons. The molecule has 28 heavy (non-hydrogen) atoms. The number of piperidine rings is 1. The maximum atomic E-state index is 12.4. The van der Waals surface area contributed by atoms with Crippen molar-refractivity contribution in [1.29, 1.82) is 5.26 Å². The number of hydrogen-bond acceptors (Lipinski definition) is 4. The molecule has 1 aliphatic rings. The summed E-state index contributed by atoms with van der Waals surface area (Å²) in [6, 6.07) is 15.8. The van der Waals surface area contributed by atoms with E-state index in [1.54, 1.807) is 0 Å². The van der Waals surface area contributed by atoms with Crippen molar-refractivity contribution in [2.45, 2.75) is 33.1 Å². The van der Waals surface area contributed by atoms with Gasteiger partial charge in [0.25, 0.3) is 5.91 Å². The van der Waals surface area contributed by atoms with E-state index in [0.717, 1.165) is 35.6 Å². The fourth-order valence-corrected chi connectivity index (χ4v) is 3.30. The van der Waals surface area contributed by atoms with Crippen molar-refractivity contribution in [2.24, 2.45) is 0 Å². The SMILES string of the molecule is Cc1cccc(NC(=O)/C(C#N)=C\Nc2ccc(N3CCCCC3)cc2)c1C. The predicted octanol–water partition coefficient (Wildman–Crippen LogP) is 4.75. The molecule has 2 aromatic carbocycles. The highest BCUT2D eigenvalue weighted by Gasteiger charge is 2.12. The fourth-order valence-electron chi connectivity index (χ4n) is 3.30. The first-order chi connectivity index (χ1) is 13.6. The van der Waals surface area contributed by atoms with Gasteiger partial charge in [-0.2, -0.15) is 5.26 Å². The zero-order valence-corrected chi connectivity index (χ0v) is 16.5. The third-order valence-electron chi connectivity index (χ3n) is 5.19. The number of carbonyl (C=O) groups is 1. The van der Waals surface area contributed by atoms with E-state index in [2.05, 4.69) is 27.7 Å². The van der Waals surface area contributed by atoms with Crippen LogP contribution in [-0.4, -0.2) is 19.0 Å². The van der Waals surface area contributed by atoms with Crippen molar-refractivity contribution < 1.29 is 4.79 Å². The maximum Gasteiger partial charge on any atom is 0.267 e. The van der Waals surface area contributed by atoms with Gasteiger partial charge in [-0.25, -0.2) is 0 Å². The molecule has 1 fully saturated rings. The minimum absolute atomic E-state index is 0.0287. The third-order valence-corrected chi connectivity index (χ3v) is 5.19. The molecule has 0 atom stereocenters. The molecule has 5 nitrogen and oxygen atoms in total. The number of carbonyl (C=O) groups excluding carboxylic acids is 1. The normalized spacial score (nSPS) is 14.3. The highest BCUT2D eigenvalue weighted by molar-refractivity contribution is 6.07. The minimum atomic E-state index is -0.423. The zero-order chi connectivity index (χ0) is 19.9. The predicted molar refractivity (Wildman–Crippen MR) is 114 cm³/mol. The second-order valence-corrected chi connectivity index (χ2v) is 7.11. The van der Waals surface area contributed by atoms with Gasteiger partial charge >= 0.3 is 0 Å². The summed E-state index contributed by atoms with van der Waals surface area (Å²) in [6.45, 7) is 6.14. The van der Waals surface area contributed by atoms with Gasteiger partial charge in [-0.3, -0.25) is 4.79 Å². The lowest BCUT2D eigenvalue weighted by atomic mass is 10.1. The number of benzene rings is 2. The molecule has 0 saturated carbocycles. The molecule has 1 aliphatic heterocycles. The van der Waals surface area contributed by atoms with Crippen LogP contribution in [0.4, 0.5) is 17.1 Å². The van der Waals surface area contributed by atoms with Gasteiger partial charge in [0.05, 0.1) is 0 Å². The van der Waals surface area contributed by atoms with Gasteiger partial charge in [-0.1, -0.05) is 12.1 Å². The lowest BCUT2D eigenvalue weighted by molar-refractivity contribution is -0.112. The second-order valence-electron chi connectivity index (χ2n) is 7.11. The fraction of sp³-hybridized carbons (Fsp3) is 0.304. The average molecular weight is 374 g/mol. The summed E-state index contributed by atoms with van der Waals surface area (Å²) < 4.78 is 0. The van der Waals surface area contributed by atoms with Gasteiger partial charge < -0.3 is 15.5 Å². The smallest absolute Gasteiger partial charge is 0.267 e. The molecule has 3 rings (SSSR count). The summed E-state index contributed by atoms with van der Waals surface area (Å²) in [6.07, 6.45) is 5.24. The first-order valence-electron chi connectivity index (χ1n) is 9.68. The molecule has 0 aromatic heterocycles. The Hall–Kier alpha value is -3.26. The van der Waals surface area contributed by atoms with Gasteiger partial charge in [0.15, 0.2) is 0 Å². The number of aryl methyl sites for hydroxylation is 1.